The molecule has 5 nitrogen and oxygen atoms in total. The molecule has 1 heterocycles. The van der Waals surface area contributed by atoms with E-state index in [-0.39, 0.29) is 11.9 Å². The van der Waals surface area contributed by atoms with Gasteiger partial charge in [0, 0.05) is 30.0 Å². The van der Waals surface area contributed by atoms with Crippen molar-refractivity contribution in [3.05, 3.63) is 72.3 Å². The van der Waals surface area contributed by atoms with Gasteiger partial charge in [-0.25, -0.2) is 0 Å². The number of rotatable bonds is 6. The Morgan fingerprint density at radius 3 is 2.53 bits per heavy atom. The predicted molar refractivity (Wildman–Crippen MR) is 122 cm³/mol. The van der Waals surface area contributed by atoms with E-state index in [1.807, 2.05) is 37.3 Å². The summed E-state index contributed by atoms with van der Waals surface area (Å²) >= 11 is 0. The highest BCUT2D eigenvalue weighted by Gasteiger charge is 2.24. The average molecular weight is 405 g/mol. The number of quaternary nitrogens is 1. The normalized spacial score (nSPS) is 16.3. The summed E-state index contributed by atoms with van der Waals surface area (Å²) in [6.45, 7) is 6.13. The number of anilines is 2. The van der Waals surface area contributed by atoms with Gasteiger partial charge < -0.3 is 19.9 Å². The zero-order chi connectivity index (χ0) is 20.9. The van der Waals surface area contributed by atoms with Crippen molar-refractivity contribution >= 4 is 28.1 Å². The molecule has 1 amide bonds. The van der Waals surface area contributed by atoms with Gasteiger partial charge in [-0.3, -0.25) is 4.79 Å². The molecule has 1 unspecified atom stereocenters. The number of carbonyl (C=O) groups is 1. The molecule has 0 spiro atoms. The second kappa shape index (κ2) is 9.28. The van der Waals surface area contributed by atoms with Crippen molar-refractivity contribution in [2.45, 2.75) is 19.5 Å². The molecule has 2 atom stereocenters. The molecule has 3 aromatic carbocycles. The van der Waals surface area contributed by atoms with Crippen molar-refractivity contribution in [2.24, 2.45) is 0 Å². The summed E-state index contributed by atoms with van der Waals surface area (Å²) in [5, 5.41) is 5.39. The molecule has 1 fully saturated rings. The van der Waals surface area contributed by atoms with E-state index in [2.05, 4.69) is 53.7 Å². The van der Waals surface area contributed by atoms with Crippen molar-refractivity contribution in [1.29, 1.82) is 0 Å². The van der Waals surface area contributed by atoms with Gasteiger partial charge in [-0.15, -0.1) is 0 Å². The van der Waals surface area contributed by atoms with Crippen LogP contribution in [0.15, 0.2) is 66.7 Å². The van der Waals surface area contributed by atoms with Crippen LogP contribution in [0.4, 0.5) is 11.4 Å². The van der Waals surface area contributed by atoms with E-state index in [1.165, 1.54) is 16.6 Å². The molecule has 0 aliphatic carbocycles. The van der Waals surface area contributed by atoms with E-state index in [0.717, 1.165) is 48.8 Å². The third kappa shape index (κ3) is 4.64. The number of morpholine rings is 1. The van der Waals surface area contributed by atoms with Gasteiger partial charge >= 0.3 is 0 Å². The molecule has 1 aliphatic rings. The van der Waals surface area contributed by atoms with Crippen LogP contribution in [-0.4, -0.2) is 45.3 Å². The van der Waals surface area contributed by atoms with Gasteiger partial charge in [-0.05, 0) is 35.9 Å². The van der Waals surface area contributed by atoms with Gasteiger partial charge in [0.05, 0.1) is 20.3 Å². The molecule has 3 aromatic rings. The molecule has 0 bridgehead atoms. The summed E-state index contributed by atoms with van der Waals surface area (Å²) in [7, 11) is 2.08. The molecule has 1 saturated heterocycles. The Labute approximate surface area is 178 Å². The summed E-state index contributed by atoms with van der Waals surface area (Å²) in [6.07, 6.45) is 0. The molecule has 4 rings (SSSR count). The van der Waals surface area contributed by atoms with E-state index in [0.29, 0.717) is 0 Å². The number of hydrogen-bond donors (Lipinski definition) is 2. The second-order valence-corrected chi connectivity index (χ2v) is 8.02. The first-order valence-corrected chi connectivity index (χ1v) is 10.6. The Balaban J connectivity index is 1.43. The maximum atomic E-state index is 12.9. The topological polar surface area (TPSA) is 46.0 Å². The van der Waals surface area contributed by atoms with Crippen LogP contribution in [0.2, 0.25) is 0 Å². The van der Waals surface area contributed by atoms with Crippen LogP contribution in [0, 0.1) is 0 Å². The highest BCUT2D eigenvalue weighted by Crippen LogP contribution is 2.21. The van der Waals surface area contributed by atoms with Gasteiger partial charge in [-0.2, -0.15) is 0 Å². The predicted octanol–water partition coefficient (Wildman–Crippen LogP) is 2.72. The molecular weight excluding hydrogens is 374 g/mol. The number of hydrogen-bond acceptors (Lipinski definition) is 3. The molecule has 0 aromatic heterocycles. The Morgan fingerprint density at radius 1 is 1.03 bits per heavy atom. The van der Waals surface area contributed by atoms with Crippen LogP contribution >= 0.6 is 0 Å². The number of carbonyl (C=O) groups excluding carboxylic acids is 1. The highest BCUT2D eigenvalue weighted by atomic mass is 16.5. The molecule has 0 radical (unpaired) electrons. The fourth-order valence-electron chi connectivity index (χ4n) is 3.97. The Morgan fingerprint density at radius 2 is 1.73 bits per heavy atom. The molecule has 2 N–H and O–H groups in total. The Hall–Kier alpha value is -2.89. The minimum absolute atomic E-state index is 0.0339. The van der Waals surface area contributed by atoms with Crippen LogP contribution in [0.25, 0.3) is 10.8 Å². The SMILES string of the molecule is C[C@@H](C(=O)Nc1ccc2ccccc2c1)[NH+](C)Cc1ccccc1N1CCOCC1. The lowest BCUT2D eigenvalue weighted by molar-refractivity contribution is -0.907. The number of nitrogens with one attached hydrogen (secondary N) is 2. The smallest absolute Gasteiger partial charge is 0.282 e. The maximum absolute atomic E-state index is 12.9. The average Bonchev–Trinajstić information content (AvgIpc) is 2.79. The van der Waals surface area contributed by atoms with Crippen molar-refractivity contribution in [1.82, 2.24) is 0 Å². The Kier molecular flexibility index (Phi) is 6.31. The van der Waals surface area contributed by atoms with E-state index >= 15 is 0 Å². The standard InChI is InChI=1S/C25H29N3O2/c1-19(25(29)26-23-12-11-20-7-3-4-8-21(20)17-23)27(2)18-22-9-5-6-10-24(22)28-13-15-30-16-14-28/h3-12,17,19H,13-16,18H2,1-2H3,(H,26,29)/p+1/t19-/m0/s1. The molecule has 0 saturated carbocycles. The maximum Gasteiger partial charge on any atom is 0.282 e. The van der Waals surface area contributed by atoms with Crippen molar-refractivity contribution in [2.75, 3.05) is 43.6 Å². The van der Waals surface area contributed by atoms with E-state index in [9.17, 15) is 4.79 Å². The molecule has 156 valence electrons. The number of fused-ring (bicyclic) bond motifs is 1. The molecule has 5 heteroatoms. The van der Waals surface area contributed by atoms with E-state index in [1.54, 1.807) is 0 Å². The number of nitrogens with zero attached hydrogens (tertiary/aromatic N) is 1. The van der Waals surface area contributed by atoms with Crippen LogP contribution in [0.1, 0.15) is 12.5 Å². The largest absolute Gasteiger partial charge is 0.378 e. The van der Waals surface area contributed by atoms with Crippen LogP contribution < -0.4 is 15.1 Å². The number of benzene rings is 3. The summed E-state index contributed by atoms with van der Waals surface area (Å²) in [5.74, 6) is 0.0339. The van der Waals surface area contributed by atoms with Gasteiger partial charge in [0.25, 0.3) is 5.91 Å². The summed E-state index contributed by atoms with van der Waals surface area (Å²) in [4.78, 5) is 16.4. The first-order chi connectivity index (χ1) is 14.6. The lowest BCUT2D eigenvalue weighted by Crippen LogP contribution is -3.12. The zero-order valence-electron chi connectivity index (χ0n) is 17.7. The first-order valence-electron chi connectivity index (χ1n) is 10.6. The highest BCUT2D eigenvalue weighted by molar-refractivity contribution is 5.96. The Bertz CT molecular complexity index is 1010. The number of para-hydroxylation sites is 1. The van der Waals surface area contributed by atoms with Crippen LogP contribution in [-0.2, 0) is 16.1 Å². The van der Waals surface area contributed by atoms with Crippen molar-refractivity contribution < 1.29 is 14.4 Å². The third-order valence-electron chi connectivity index (χ3n) is 5.96. The van der Waals surface area contributed by atoms with Gasteiger partial charge in [0.1, 0.15) is 6.54 Å². The molecular formula is C25H30N3O2+. The lowest BCUT2D eigenvalue weighted by Gasteiger charge is -2.31. The summed E-state index contributed by atoms with van der Waals surface area (Å²) in [6, 6.07) is 22.6. The second-order valence-electron chi connectivity index (χ2n) is 8.02. The fraction of sp³-hybridized carbons (Fsp3) is 0.320. The first kappa shape index (κ1) is 20.4. The monoisotopic (exact) mass is 404 g/mol. The number of likely N-dealkylation sites (N-methyl/N-ethyl adjacent to an activating group) is 1. The number of amides is 1. The quantitative estimate of drug-likeness (QED) is 0.664. The van der Waals surface area contributed by atoms with Crippen LogP contribution in [0.5, 0.6) is 0 Å². The summed E-state index contributed by atoms with van der Waals surface area (Å²) < 4.78 is 5.50. The van der Waals surface area contributed by atoms with E-state index in [4.69, 9.17) is 4.74 Å². The van der Waals surface area contributed by atoms with Gasteiger partial charge in [0.15, 0.2) is 6.04 Å². The third-order valence-corrected chi connectivity index (χ3v) is 5.96. The van der Waals surface area contributed by atoms with Crippen molar-refractivity contribution in [3.63, 3.8) is 0 Å². The fourth-order valence-corrected chi connectivity index (χ4v) is 3.97. The molecule has 30 heavy (non-hydrogen) atoms. The number of ether oxygens (including phenoxy) is 1. The lowest BCUT2D eigenvalue weighted by atomic mass is 10.1. The van der Waals surface area contributed by atoms with E-state index < -0.39 is 0 Å². The van der Waals surface area contributed by atoms with Gasteiger partial charge in [-0.1, -0.05) is 48.5 Å². The van der Waals surface area contributed by atoms with Crippen LogP contribution in [0.3, 0.4) is 0 Å². The van der Waals surface area contributed by atoms with Gasteiger partial charge in [0.2, 0.25) is 0 Å². The minimum atomic E-state index is -0.172. The molecule has 1 aliphatic heterocycles. The zero-order valence-corrected chi connectivity index (χ0v) is 17.7. The summed E-state index contributed by atoms with van der Waals surface area (Å²) in [5.41, 5.74) is 3.36. The minimum Gasteiger partial charge on any atom is -0.378 e. The van der Waals surface area contributed by atoms with Crippen molar-refractivity contribution in [3.8, 4) is 0 Å².